The third-order valence-corrected chi connectivity index (χ3v) is 3.95. The zero-order valence-corrected chi connectivity index (χ0v) is 10.4. The molecule has 1 fully saturated rings. The maximum atomic E-state index is 3.63. The van der Waals surface area contributed by atoms with Crippen molar-refractivity contribution in [2.45, 2.75) is 19.4 Å². The number of rotatable bonds is 4. The Morgan fingerprint density at radius 2 is 2.53 bits per heavy atom. The Labute approximate surface area is 96.3 Å². The number of thiophene rings is 1. The summed E-state index contributed by atoms with van der Waals surface area (Å²) < 4.78 is 0. The molecule has 15 heavy (non-hydrogen) atoms. The molecule has 84 valence electrons. The molecule has 1 aromatic rings. The third-order valence-electron chi connectivity index (χ3n) is 3.24. The van der Waals surface area contributed by atoms with Gasteiger partial charge in [-0.2, -0.15) is 11.3 Å². The highest BCUT2D eigenvalue weighted by Gasteiger charge is 2.19. The van der Waals surface area contributed by atoms with Crippen LogP contribution in [0.1, 0.15) is 24.9 Å². The lowest BCUT2D eigenvalue weighted by molar-refractivity contribution is 0.382. The lowest BCUT2D eigenvalue weighted by Crippen LogP contribution is -2.27. The van der Waals surface area contributed by atoms with Crippen molar-refractivity contribution in [1.29, 1.82) is 0 Å². The lowest BCUT2D eigenvalue weighted by Gasteiger charge is -2.16. The summed E-state index contributed by atoms with van der Waals surface area (Å²) in [7, 11) is 2.21. The van der Waals surface area contributed by atoms with Crippen molar-refractivity contribution in [2.24, 2.45) is 5.92 Å². The van der Waals surface area contributed by atoms with E-state index in [4.69, 9.17) is 0 Å². The second-order valence-electron chi connectivity index (χ2n) is 4.60. The molecule has 2 unspecified atom stereocenters. The number of hydrogen-bond donors (Lipinski definition) is 1. The highest BCUT2D eigenvalue weighted by molar-refractivity contribution is 7.07. The summed E-state index contributed by atoms with van der Waals surface area (Å²) in [6, 6.07) is 2.71. The second-order valence-corrected chi connectivity index (χ2v) is 5.38. The first-order chi connectivity index (χ1) is 7.25. The van der Waals surface area contributed by atoms with Gasteiger partial charge in [-0.1, -0.05) is 0 Å². The Bertz CT molecular complexity index is 284. The van der Waals surface area contributed by atoms with E-state index in [0.717, 1.165) is 12.5 Å². The minimum atomic E-state index is 0.502. The van der Waals surface area contributed by atoms with Gasteiger partial charge in [-0.25, -0.2) is 0 Å². The minimum absolute atomic E-state index is 0.502. The molecule has 1 saturated heterocycles. The van der Waals surface area contributed by atoms with E-state index in [0.29, 0.717) is 6.04 Å². The number of likely N-dealkylation sites (tertiary alicyclic amines) is 1. The summed E-state index contributed by atoms with van der Waals surface area (Å²) in [6.07, 6.45) is 1.35. The minimum Gasteiger partial charge on any atom is -0.310 e. The molecule has 1 N–H and O–H groups in total. The zero-order chi connectivity index (χ0) is 10.7. The maximum Gasteiger partial charge on any atom is 0.0300 e. The molecule has 0 radical (unpaired) electrons. The average molecular weight is 224 g/mol. The van der Waals surface area contributed by atoms with Gasteiger partial charge in [0.25, 0.3) is 0 Å². The normalized spacial score (nSPS) is 24.5. The predicted octanol–water partition coefficient (Wildman–Crippen LogP) is 2.35. The quantitative estimate of drug-likeness (QED) is 0.844. The summed E-state index contributed by atoms with van der Waals surface area (Å²) in [5.41, 5.74) is 1.42. The smallest absolute Gasteiger partial charge is 0.0300 e. The van der Waals surface area contributed by atoms with Gasteiger partial charge in [0.15, 0.2) is 0 Å². The molecule has 2 nitrogen and oxygen atoms in total. The van der Waals surface area contributed by atoms with E-state index in [1.54, 1.807) is 11.3 Å². The first-order valence-electron chi connectivity index (χ1n) is 5.69. The molecule has 0 saturated carbocycles. The first kappa shape index (κ1) is 11.1. The number of hydrogen-bond acceptors (Lipinski definition) is 3. The third kappa shape index (κ3) is 3.03. The number of nitrogens with one attached hydrogen (secondary N) is 1. The highest BCUT2D eigenvalue weighted by atomic mass is 32.1. The summed E-state index contributed by atoms with van der Waals surface area (Å²) >= 11 is 1.78. The Kier molecular flexibility index (Phi) is 3.78. The Balaban J connectivity index is 1.74. The largest absolute Gasteiger partial charge is 0.310 e. The van der Waals surface area contributed by atoms with Gasteiger partial charge in [0.2, 0.25) is 0 Å². The fraction of sp³-hybridized carbons (Fsp3) is 0.667. The van der Waals surface area contributed by atoms with Gasteiger partial charge in [0, 0.05) is 12.6 Å². The topological polar surface area (TPSA) is 15.3 Å². The number of nitrogens with zero attached hydrogens (tertiary/aromatic N) is 1. The molecule has 0 aromatic carbocycles. The summed E-state index contributed by atoms with van der Waals surface area (Å²) in [5, 5.41) is 8.01. The fourth-order valence-electron chi connectivity index (χ4n) is 2.18. The lowest BCUT2D eigenvalue weighted by atomic mass is 10.1. The van der Waals surface area contributed by atoms with E-state index in [1.807, 2.05) is 0 Å². The maximum absolute atomic E-state index is 3.63. The Hall–Kier alpha value is -0.380. The molecule has 1 aliphatic heterocycles. The van der Waals surface area contributed by atoms with Crippen molar-refractivity contribution in [2.75, 3.05) is 26.7 Å². The van der Waals surface area contributed by atoms with E-state index in [9.17, 15) is 0 Å². The van der Waals surface area contributed by atoms with Crippen LogP contribution in [0.5, 0.6) is 0 Å². The molecule has 2 heterocycles. The van der Waals surface area contributed by atoms with Crippen LogP contribution in [0.2, 0.25) is 0 Å². The van der Waals surface area contributed by atoms with Crippen molar-refractivity contribution in [3.05, 3.63) is 22.4 Å². The standard InChI is InChI=1S/C12H20N2S/c1-10(12-4-6-15-9-12)13-7-11-3-5-14(2)8-11/h4,6,9-11,13H,3,5,7-8H2,1-2H3. The molecule has 0 aliphatic carbocycles. The predicted molar refractivity (Wildman–Crippen MR) is 66.3 cm³/mol. The van der Waals surface area contributed by atoms with E-state index >= 15 is 0 Å². The van der Waals surface area contributed by atoms with E-state index in [-0.39, 0.29) is 0 Å². The first-order valence-corrected chi connectivity index (χ1v) is 6.64. The van der Waals surface area contributed by atoms with Crippen LogP contribution in [-0.2, 0) is 0 Å². The highest BCUT2D eigenvalue weighted by Crippen LogP contribution is 2.18. The molecule has 0 bridgehead atoms. The van der Waals surface area contributed by atoms with E-state index in [2.05, 4.69) is 41.0 Å². The van der Waals surface area contributed by atoms with Crippen molar-refractivity contribution < 1.29 is 0 Å². The van der Waals surface area contributed by atoms with Gasteiger partial charge >= 0.3 is 0 Å². The van der Waals surface area contributed by atoms with Crippen LogP contribution < -0.4 is 5.32 Å². The van der Waals surface area contributed by atoms with Crippen LogP contribution in [0.25, 0.3) is 0 Å². The van der Waals surface area contributed by atoms with Gasteiger partial charge in [-0.3, -0.25) is 0 Å². The molecule has 1 aromatic heterocycles. The average Bonchev–Trinajstić information content (AvgIpc) is 2.84. The molecule has 0 spiro atoms. The Morgan fingerprint density at radius 3 is 3.13 bits per heavy atom. The molecule has 2 atom stereocenters. The second kappa shape index (κ2) is 5.10. The van der Waals surface area contributed by atoms with E-state index < -0.39 is 0 Å². The summed E-state index contributed by atoms with van der Waals surface area (Å²) in [4.78, 5) is 2.42. The van der Waals surface area contributed by atoms with Crippen LogP contribution in [-0.4, -0.2) is 31.6 Å². The van der Waals surface area contributed by atoms with Gasteiger partial charge in [0.05, 0.1) is 0 Å². The van der Waals surface area contributed by atoms with Crippen molar-refractivity contribution in [3.8, 4) is 0 Å². The summed E-state index contributed by atoms with van der Waals surface area (Å²) in [6.45, 7) is 5.92. The van der Waals surface area contributed by atoms with Crippen molar-refractivity contribution in [3.63, 3.8) is 0 Å². The van der Waals surface area contributed by atoms with Gasteiger partial charge < -0.3 is 10.2 Å². The van der Waals surface area contributed by atoms with E-state index in [1.165, 1.54) is 25.1 Å². The Morgan fingerprint density at radius 1 is 1.67 bits per heavy atom. The van der Waals surface area contributed by atoms with Crippen LogP contribution in [0.3, 0.4) is 0 Å². The molecule has 3 heteroatoms. The van der Waals surface area contributed by atoms with Crippen LogP contribution in [0.15, 0.2) is 16.8 Å². The molecular formula is C12H20N2S. The summed E-state index contributed by atoms with van der Waals surface area (Å²) in [5.74, 6) is 0.844. The van der Waals surface area contributed by atoms with Crippen LogP contribution in [0.4, 0.5) is 0 Å². The van der Waals surface area contributed by atoms with Crippen LogP contribution >= 0.6 is 11.3 Å². The van der Waals surface area contributed by atoms with Gasteiger partial charge in [-0.05, 0) is 61.8 Å². The molecule has 2 rings (SSSR count). The zero-order valence-electron chi connectivity index (χ0n) is 9.57. The van der Waals surface area contributed by atoms with Crippen molar-refractivity contribution in [1.82, 2.24) is 10.2 Å². The van der Waals surface area contributed by atoms with Crippen LogP contribution in [0, 0.1) is 5.92 Å². The monoisotopic (exact) mass is 224 g/mol. The van der Waals surface area contributed by atoms with Crippen molar-refractivity contribution >= 4 is 11.3 Å². The molecular weight excluding hydrogens is 204 g/mol. The van der Waals surface area contributed by atoms with Gasteiger partial charge in [0.1, 0.15) is 0 Å². The fourth-order valence-corrected chi connectivity index (χ4v) is 2.93. The molecule has 0 amide bonds. The molecule has 1 aliphatic rings. The van der Waals surface area contributed by atoms with Gasteiger partial charge in [-0.15, -0.1) is 0 Å². The SMILES string of the molecule is CC(NCC1CCN(C)C1)c1ccsc1.